The molecule has 3 aromatic rings. The van der Waals surface area contributed by atoms with Crippen molar-refractivity contribution in [2.24, 2.45) is 5.10 Å². The molecule has 5 rings (SSSR count). The highest BCUT2D eigenvalue weighted by atomic mass is 16.6. The lowest BCUT2D eigenvalue weighted by Gasteiger charge is -2.48. The van der Waals surface area contributed by atoms with E-state index in [9.17, 15) is 19.7 Å². The van der Waals surface area contributed by atoms with Crippen LogP contribution in [0.1, 0.15) is 23.7 Å². The minimum absolute atomic E-state index is 0.0712. The number of nitrogens with one attached hydrogen (secondary N) is 1. The van der Waals surface area contributed by atoms with Crippen molar-refractivity contribution in [3.8, 4) is 0 Å². The van der Waals surface area contributed by atoms with E-state index in [1.54, 1.807) is 24.0 Å². The second-order valence-corrected chi connectivity index (χ2v) is 7.85. The number of para-hydroxylation sites is 1. The number of H-pyrrole nitrogens is 1. The predicted molar refractivity (Wildman–Crippen MR) is 113 cm³/mol. The number of rotatable bonds is 3. The number of amides is 2. The first kappa shape index (κ1) is 19.0. The van der Waals surface area contributed by atoms with E-state index in [0.29, 0.717) is 24.2 Å². The summed E-state index contributed by atoms with van der Waals surface area (Å²) in [5.41, 5.74) is 1.89. The molecule has 31 heavy (non-hydrogen) atoms. The maximum absolute atomic E-state index is 13.6. The van der Waals surface area contributed by atoms with Crippen molar-refractivity contribution >= 4 is 34.6 Å². The summed E-state index contributed by atoms with van der Waals surface area (Å²) in [5.74, 6) is -0.510. The molecule has 156 valence electrons. The average Bonchev–Trinajstić information content (AvgIpc) is 3.16. The Morgan fingerprint density at radius 2 is 2.00 bits per heavy atom. The lowest BCUT2D eigenvalue weighted by atomic mass is 9.83. The zero-order valence-corrected chi connectivity index (χ0v) is 16.7. The first-order valence-electron chi connectivity index (χ1n) is 9.90. The molecule has 2 amide bonds. The molecule has 1 N–H and O–H groups in total. The Morgan fingerprint density at radius 1 is 1.19 bits per heavy atom. The van der Waals surface area contributed by atoms with Crippen molar-refractivity contribution in [2.45, 2.75) is 18.9 Å². The number of nitro benzene ring substituents is 1. The number of nitro groups is 1. The highest BCUT2D eigenvalue weighted by Gasteiger charge is 2.54. The number of benzene rings is 2. The molecule has 0 aliphatic carbocycles. The summed E-state index contributed by atoms with van der Waals surface area (Å²) < 4.78 is 0. The zero-order chi connectivity index (χ0) is 21.8. The molecule has 3 heterocycles. The van der Waals surface area contributed by atoms with E-state index in [2.05, 4.69) is 10.1 Å². The molecule has 1 unspecified atom stereocenters. The van der Waals surface area contributed by atoms with Gasteiger partial charge >= 0.3 is 0 Å². The molecule has 0 spiro atoms. The largest absolute Gasteiger partial charge is 0.356 e. The van der Waals surface area contributed by atoms with Crippen LogP contribution < -0.4 is 0 Å². The van der Waals surface area contributed by atoms with Gasteiger partial charge in [0.1, 0.15) is 6.54 Å². The van der Waals surface area contributed by atoms with Crippen LogP contribution in [-0.2, 0) is 21.5 Å². The summed E-state index contributed by atoms with van der Waals surface area (Å²) in [6.07, 6.45) is 2.04. The number of nitrogens with zero attached hydrogens (tertiary/aromatic N) is 4. The minimum atomic E-state index is -1.19. The van der Waals surface area contributed by atoms with E-state index in [0.717, 1.165) is 21.5 Å². The molecule has 9 heteroatoms. The van der Waals surface area contributed by atoms with Crippen LogP contribution in [-0.4, -0.2) is 50.9 Å². The van der Waals surface area contributed by atoms with Gasteiger partial charge in [-0.1, -0.05) is 30.3 Å². The van der Waals surface area contributed by atoms with E-state index >= 15 is 0 Å². The van der Waals surface area contributed by atoms with Gasteiger partial charge in [0, 0.05) is 35.1 Å². The first-order valence-corrected chi connectivity index (χ1v) is 9.90. The quantitative estimate of drug-likeness (QED) is 0.401. The number of non-ortho nitro benzene ring substituents is 1. The SMILES string of the molecule is CC12C(=O)N(N=Cc3cccc([N+](=O)[O-])c3)CC(=O)N1CCc1c2[nH]c2ccccc12. The molecule has 2 aliphatic heterocycles. The van der Waals surface area contributed by atoms with Gasteiger partial charge in [0.05, 0.1) is 16.8 Å². The highest BCUT2D eigenvalue weighted by molar-refractivity contribution is 6.01. The van der Waals surface area contributed by atoms with Crippen LogP contribution in [0, 0.1) is 10.1 Å². The van der Waals surface area contributed by atoms with Crippen LogP contribution in [0.2, 0.25) is 0 Å². The molecule has 2 aromatic carbocycles. The van der Waals surface area contributed by atoms with Crippen molar-refractivity contribution < 1.29 is 14.5 Å². The topological polar surface area (TPSA) is 112 Å². The lowest BCUT2D eigenvalue weighted by Crippen LogP contribution is -2.65. The maximum Gasteiger partial charge on any atom is 0.275 e. The number of hydrazone groups is 1. The van der Waals surface area contributed by atoms with Crippen molar-refractivity contribution in [3.63, 3.8) is 0 Å². The maximum atomic E-state index is 13.6. The van der Waals surface area contributed by atoms with Gasteiger partial charge in [-0.15, -0.1) is 0 Å². The monoisotopic (exact) mass is 417 g/mol. The van der Waals surface area contributed by atoms with Gasteiger partial charge in [-0.25, -0.2) is 5.01 Å². The summed E-state index contributed by atoms with van der Waals surface area (Å²) >= 11 is 0. The lowest BCUT2D eigenvalue weighted by molar-refractivity contribution is -0.384. The third kappa shape index (κ3) is 2.81. The van der Waals surface area contributed by atoms with Crippen molar-refractivity contribution in [1.82, 2.24) is 14.9 Å². The van der Waals surface area contributed by atoms with Gasteiger partial charge in [0.2, 0.25) is 5.91 Å². The Hall–Kier alpha value is -4.01. The van der Waals surface area contributed by atoms with Crippen LogP contribution >= 0.6 is 0 Å². The van der Waals surface area contributed by atoms with Crippen LogP contribution in [0.25, 0.3) is 10.9 Å². The van der Waals surface area contributed by atoms with Gasteiger partial charge in [-0.3, -0.25) is 19.7 Å². The second kappa shape index (κ2) is 6.76. The third-order valence-corrected chi connectivity index (χ3v) is 6.09. The molecule has 2 aliphatic rings. The summed E-state index contributed by atoms with van der Waals surface area (Å²) in [6, 6.07) is 13.8. The molecular weight excluding hydrogens is 398 g/mol. The summed E-state index contributed by atoms with van der Waals surface area (Å²) in [5, 5.41) is 17.4. The van der Waals surface area contributed by atoms with Crippen LogP contribution in [0.15, 0.2) is 53.6 Å². The predicted octanol–water partition coefficient (Wildman–Crippen LogP) is 2.55. The van der Waals surface area contributed by atoms with E-state index in [1.165, 1.54) is 18.3 Å². The van der Waals surface area contributed by atoms with Crippen molar-refractivity contribution in [3.05, 3.63) is 75.5 Å². The van der Waals surface area contributed by atoms with Gasteiger partial charge < -0.3 is 9.88 Å². The molecule has 1 atom stereocenters. The van der Waals surface area contributed by atoms with E-state index < -0.39 is 10.5 Å². The molecule has 1 aromatic heterocycles. The third-order valence-electron chi connectivity index (χ3n) is 6.09. The Balaban J connectivity index is 1.54. The summed E-state index contributed by atoms with van der Waals surface area (Å²) in [6.45, 7) is 2.03. The number of aromatic nitrogens is 1. The highest BCUT2D eigenvalue weighted by Crippen LogP contribution is 2.41. The second-order valence-electron chi connectivity index (χ2n) is 7.85. The zero-order valence-electron chi connectivity index (χ0n) is 16.7. The summed E-state index contributed by atoms with van der Waals surface area (Å²) in [4.78, 5) is 41.9. The molecule has 0 bridgehead atoms. The molecular formula is C22H19N5O4. The molecule has 1 saturated heterocycles. The fraction of sp³-hybridized carbons (Fsp3) is 0.227. The van der Waals surface area contributed by atoms with E-state index in [4.69, 9.17) is 0 Å². The molecule has 9 nitrogen and oxygen atoms in total. The van der Waals surface area contributed by atoms with Gasteiger partial charge in [0.15, 0.2) is 5.54 Å². The first-order chi connectivity index (χ1) is 14.9. The van der Waals surface area contributed by atoms with Gasteiger partial charge in [-0.05, 0) is 25.0 Å². The van der Waals surface area contributed by atoms with Crippen LogP contribution in [0.3, 0.4) is 0 Å². The number of aromatic amines is 1. The Morgan fingerprint density at radius 3 is 2.81 bits per heavy atom. The number of fused-ring (bicyclic) bond motifs is 5. The number of carbonyl (C=O) groups is 2. The van der Waals surface area contributed by atoms with E-state index in [-0.39, 0.29) is 24.0 Å². The van der Waals surface area contributed by atoms with Crippen molar-refractivity contribution in [2.75, 3.05) is 13.1 Å². The average molecular weight is 417 g/mol. The summed E-state index contributed by atoms with van der Waals surface area (Å²) in [7, 11) is 0. The van der Waals surface area contributed by atoms with Gasteiger partial charge in [-0.2, -0.15) is 5.10 Å². The minimum Gasteiger partial charge on any atom is -0.356 e. The number of hydrogen-bond acceptors (Lipinski definition) is 5. The number of carbonyl (C=O) groups excluding carboxylic acids is 2. The molecule has 1 fully saturated rings. The Kier molecular flexibility index (Phi) is 4.14. The Bertz CT molecular complexity index is 1280. The van der Waals surface area contributed by atoms with Crippen molar-refractivity contribution in [1.29, 1.82) is 0 Å². The van der Waals surface area contributed by atoms with Crippen LogP contribution in [0.4, 0.5) is 5.69 Å². The Labute approximate surface area is 177 Å². The number of piperazine rings is 1. The van der Waals surface area contributed by atoms with Crippen LogP contribution in [0.5, 0.6) is 0 Å². The number of hydrogen-bond donors (Lipinski definition) is 1. The molecule has 0 saturated carbocycles. The van der Waals surface area contributed by atoms with E-state index in [1.807, 2.05) is 24.3 Å². The fourth-order valence-electron chi connectivity index (χ4n) is 4.54. The normalized spacial score (nSPS) is 20.9. The standard InChI is InChI=1S/C22H19N5O4/c1-22-20-17(16-7-2-3-8-18(16)24-20)9-10-25(22)19(28)13-26(21(22)29)23-12-14-5-4-6-15(11-14)27(30)31/h2-8,11-12,24H,9-10,13H2,1H3. The molecule has 0 radical (unpaired) electrons. The fourth-order valence-corrected chi connectivity index (χ4v) is 4.54. The van der Waals surface area contributed by atoms with Gasteiger partial charge in [0.25, 0.3) is 11.6 Å². The smallest absolute Gasteiger partial charge is 0.275 e.